The van der Waals surface area contributed by atoms with Crippen LogP contribution >= 0.6 is 0 Å². The molecule has 2 N–H and O–H groups in total. The Morgan fingerprint density at radius 3 is 2.39 bits per heavy atom. The highest BCUT2D eigenvalue weighted by molar-refractivity contribution is 5.81. The zero-order valence-electron chi connectivity index (χ0n) is 15.4. The normalized spacial score (nSPS) is 24.1. The van der Waals surface area contributed by atoms with Crippen molar-refractivity contribution in [3.8, 4) is 0 Å². The van der Waals surface area contributed by atoms with E-state index in [-0.39, 0.29) is 12.4 Å². The number of nitrogens with two attached hydrogens (primary N) is 1. The number of esters is 3. The molecule has 3 heterocycles. The summed E-state index contributed by atoms with van der Waals surface area (Å²) in [5, 5.41) is 0. The van der Waals surface area contributed by atoms with E-state index in [0.29, 0.717) is 11.2 Å². The van der Waals surface area contributed by atoms with E-state index in [0.717, 1.165) is 0 Å². The zero-order valence-corrected chi connectivity index (χ0v) is 15.4. The molecule has 1 aliphatic rings. The average Bonchev–Trinajstić information content (AvgIpc) is 3.16. The van der Waals surface area contributed by atoms with Crippen molar-refractivity contribution in [3.05, 3.63) is 12.7 Å². The van der Waals surface area contributed by atoms with Crippen LogP contribution in [0.1, 0.15) is 27.0 Å². The molecule has 3 rings (SSSR count). The van der Waals surface area contributed by atoms with Crippen LogP contribution in [0.3, 0.4) is 0 Å². The second-order valence-electron chi connectivity index (χ2n) is 6.10. The summed E-state index contributed by atoms with van der Waals surface area (Å²) in [6, 6.07) is 0. The van der Waals surface area contributed by atoms with E-state index in [1.54, 1.807) is 0 Å². The van der Waals surface area contributed by atoms with Gasteiger partial charge < -0.3 is 24.7 Å². The van der Waals surface area contributed by atoms with E-state index in [1.165, 1.54) is 38.0 Å². The molecule has 0 aromatic carbocycles. The summed E-state index contributed by atoms with van der Waals surface area (Å²) >= 11 is 0. The van der Waals surface area contributed by atoms with Crippen LogP contribution in [0.4, 0.5) is 5.82 Å². The molecule has 1 saturated heterocycles. The molecule has 2 aromatic heterocycles. The number of carbonyl (C=O) groups is 3. The summed E-state index contributed by atoms with van der Waals surface area (Å²) in [4.78, 5) is 46.6. The minimum atomic E-state index is -1.03. The van der Waals surface area contributed by atoms with Crippen LogP contribution in [-0.2, 0) is 33.3 Å². The number of nitrogen functional groups attached to an aromatic ring is 1. The lowest BCUT2D eigenvalue weighted by Crippen LogP contribution is -2.40. The van der Waals surface area contributed by atoms with Crippen molar-refractivity contribution < 1.29 is 33.3 Å². The van der Waals surface area contributed by atoms with Crippen molar-refractivity contribution in [3.63, 3.8) is 0 Å². The van der Waals surface area contributed by atoms with Crippen molar-refractivity contribution in [2.24, 2.45) is 0 Å². The van der Waals surface area contributed by atoms with Crippen LogP contribution in [0.15, 0.2) is 12.7 Å². The Morgan fingerprint density at radius 1 is 1.07 bits per heavy atom. The van der Waals surface area contributed by atoms with Crippen molar-refractivity contribution in [2.75, 3.05) is 12.3 Å². The molecular weight excluding hydrogens is 374 g/mol. The fraction of sp³-hybridized carbons (Fsp3) is 0.500. The number of fused-ring (bicyclic) bond motifs is 1. The summed E-state index contributed by atoms with van der Waals surface area (Å²) in [6.45, 7) is 3.46. The molecule has 12 heteroatoms. The maximum atomic E-state index is 11.7. The molecule has 0 unspecified atom stereocenters. The third-order valence-electron chi connectivity index (χ3n) is 4.00. The van der Waals surface area contributed by atoms with Crippen LogP contribution in [0, 0.1) is 0 Å². The zero-order chi connectivity index (χ0) is 20.4. The van der Waals surface area contributed by atoms with E-state index >= 15 is 0 Å². The molecule has 0 bridgehead atoms. The van der Waals surface area contributed by atoms with Gasteiger partial charge in [-0.05, 0) is 0 Å². The maximum absolute atomic E-state index is 11.7. The van der Waals surface area contributed by atoms with E-state index in [9.17, 15) is 14.4 Å². The average molecular weight is 393 g/mol. The predicted octanol–water partition coefficient (Wildman–Crippen LogP) is -0.268. The van der Waals surface area contributed by atoms with Gasteiger partial charge in [0.2, 0.25) is 0 Å². The quantitative estimate of drug-likeness (QED) is 0.526. The number of hydrogen-bond donors (Lipinski definition) is 1. The molecule has 1 aliphatic heterocycles. The van der Waals surface area contributed by atoms with Crippen LogP contribution in [0.25, 0.3) is 11.2 Å². The van der Waals surface area contributed by atoms with Crippen molar-refractivity contribution in [1.82, 2.24) is 19.5 Å². The fourth-order valence-corrected chi connectivity index (χ4v) is 2.97. The topological polar surface area (TPSA) is 158 Å². The van der Waals surface area contributed by atoms with Crippen molar-refractivity contribution >= 4 is 34.9 Å². The van der Waals surface area contributed by atoms with E-state index < -0.39 is 42.4 Å². The number of nitrogens with zero attached hydrogens (tertiary/aromatic N) is 4. The lowest BCUT2D eigenvalue weighted by atomic mass is 10.1. The minimum Gasteiger partial charge on any atom is -0.463 e. The Kier molecular flexibility index (Phi) is 5.40. The highest BCUT2D eigenvalue weighted by Gasteiger charge is 2.51. The van der Waals surface area contributed by atoms with Gasteiger partial charge in [-0.3, -0.25) is 19.0 Å². The van der Waals surface area contributed by atoms with Crippen LogP contribution in [-0.4, -0.2) is 62.3 Å². The first kappa shape index (κ1) is 19.5. The van der Waals surface area contributed by atoms with Crippen LogP contribution < -0.4 is 5.73 Å². The Hall–Kier alpha value is -3.28. The number of hydrogen-bond acceptors (Lipinski definition) is 11. The van der Waals surface area contributed by atoms with E-state index in [2.05, 4.69) is 15.0 Å². The van der Waals surface area contributed by atoms with Crippen LogP contribution in [0.5, 0.6) is 0 Å². The number of anilines is 1. The number of ether oxygens (including phenoxy) is 4. The summed E-state index contributed by atoms with van der Waals surface area (Å²) in [5.41, 5.74) is 6.48. The molecule has 0 saturated carbocycles. The summed E-state index contributed by atoms with van der Waals surface area (Å²) in [6.07, 6.45) is -1.22. The largest absolute Gasteiger partial charge is 0.463 e. The number of aromatic nitrogens is 4. The lowest BCUT2D eigenvalue weighted by Gasteiger charge is -2.23. The third-order valence-corrected chi connectivity index (χ3v) is 4.00. The molecule has 0 amide bonds. The van der Waals surface area contributed by atoms with Gasteiger partial charge in [0.05, 0.1) is 6.33 Å². The van der Waals surface area contributed by atoms with Gasteiger partial charge in [-0.1, -0.05) is 0 Å². The second kappa shape index (κ2) is 7.76. The number of carbonyl (C=O) groups excluding carboxylic acids is 3. The van der Waals surface area contributed by atoms with Gasteiger partial charge >= 0.3 is 17.9 Å². The highest BCUT2D eigenvalue weighted by atomic mass is 16.7. The Balaban J connectivity index is 2.01. The third kappa shape index (κ3) is 3.86. The van der Waals surface area contributed by atoms with Crippen molar-refractivity contribution in [1.29, 1.82) is 0 Å². The molecule has 1 fully saturated rings. The molecule has 0 spiro atoms. The highest BCUT2D eigenvalue weighted by Crippen LogP contribution is 2.36. The second-order valence-corrected chi connectivity index (χ2v) is 6.10. The maximum Gasteiger partial charge on any atom is 0.303 e. The molecular formula is C16H19N5O7. The SMILES string of the molecule is CC(=O)OC[C@@H]1O[C@@H](n2cnc3c(N)ncnc32)[C@@H](OC(C)=O)[C@H]1OC(C)=O. The van der Waals surface area contributed by atoms with Gasteiger partial charge in [0.25, 0.3) is 0 Å². The van der Waals surface area contributed by atoms with Gasteiger partial charge in [-0.15, -0.1) is 0 Å². The standard InChI is InChI=1S/C16H19N5O7/c1-7(22)25-4-10-12(26-8(2)23)13(27-9(3)24)16(28-10)21-6-20-11-14(17)18-5-19-15(11)21/h5-6,10,12-13,16H,4H2,1-3H3,(H2,17,18,19)/t10-,12-,13-,16+/m0/s1. The Morgan fingerprint density at radius 2 is 1.75 bits per heavy atom. The first-order chi connectivity index (χ1) is 13.3. The molecule has 4 atom stereocenters. The summed E-state index contributed by atoms with van der Waals surface area (Å²) in [5.74, 6) is -1.59. The van der Waals surface area contributed by atoms with Gasteiger partial charge in [-0.25, -0.2) is 15.0 Å². The summed E-state index contributed by atoms with van der Waals surface area (Å²) in [7, 11) is 0. The van der Waals surface area contributed by atoms with Gasteiger partial charge in [0.1, 0.15) is 24.6 Å². The minimum absolute atomic E-state index is 0.166. The molecule has 0 radical (unpaired) electrons. The Bertz CT molecular complexity index is 914. The number of imidazole rings is 1. The fourth-order valence-electron chi connectivity index (χ4n) is 2.97. The van der Waals surface area contributed by atoms with Gasteiger partial charge in [-0.2, -0.15) is 0 Å². The van der Waals surface area contributed by atoms with Gasteiger partial charge in [0, 0.05) is 20.8 Å². The van der Waals surface area contributed by atoms with Crippen LogP contribution in [0.2, 0.25) is 0 Å². The molecule has 28 heavy (non-hydrogen) atoms. The molecule has 0 aliphatic carbocycles. The Labute approximate surface area is 158 Å². The molecule has 150 valence electrons. The lowest BCUT2D eigenvalue weighted by molar-refractivity contribution is -0.166. The van der Waals surface area contributed by atoms with E-state index in [4.69, 9.17) is 24.7 Å². The van der Waals surface area contributed by atoms with Gasteiger partial charge in [0.15, 0.2) is 29.9 Å². The molecule has 12 nitrogen and oxygen atoms in total. The summed E-state index contributed by atoms with van der Waals surface area (Å²) < 4.78 is 23.1. The first-order valence-corrected chi connectivity index (χ1v) is 8.34. The van der Waals surface area contributed by atoms with Crippen molar-refractivity contribution in [2.45, 2.75) is 45.3 Å². The number of rotatable bonds is 5. The monoisotopic (exact) mass is 393 g/mol. The predicted molar refractivity (Wildman–Crippen MR) is 91.4 cm³/mol. The van der Waals surface area contributed by atoms with E-state index in [1.807, 2.05) is 0 Å². The first-order valence-electron chi connectivity index (χ1n) is 8.34. The molecule has 2 aromatic rings. The smallest absolute Gasteiger partial charge is 0.303 e.